The van der Waals surface area contributed by atoms with Crippen LogP contribution in [0.4, 0.5) is 0 Å². The SMILES string of the molecule is CC(CO)NCc1cn2ccccc2n1. The second kappa shape index (κ2) is 4.42. The lowest BCUT2D eigenvalue weighted by atomic mass is 10.3. The van der Waals surface area contributed by atoms with Gasteiger partial charge >= 0.3 is 0 Å². The summed E-state index contributed by atoms with van der Waals surface area (Å²) < 4.78 is 1.99. The number of aliphatic hydroxyl groups excluding tert-OH is 1. The largest absolute Gasteiger partial charge is 0.395 e. The third kappa shape index (κ3) is 2.34. The van der Waals surface area contributed by atoms with Gasteiger partial charge < -0.3 is 14.8 Å². The topological polar surface area (TPSA) is 49.6 Å². The number of aliphatic hydroxyl groups is 1. The van der Waals surface area contributed by atoms with E-state index in [1.165, 1.54) is 0 Å². The lowest BCUT2D eigenvalue weighted by molar-refractivity contribution is 0.250. The zero-order chi connectivity index (χ0) is 10.7. The number of aromatic nitrogens is 2. The smallest absolute Gasteiger partial charge is 0.137 e. The van der Waals surface area contributed by atoms with Crippen LogP contribution in [0.25, 0.3) is 5.65 Å². The molecule has 0 aliphatic heterocycles. The van der Waals surface area contributed by atoms with Crippen molar-refractivity contribution in [2.75, 3.05) is 6.61 Å². The summed E-state index contributed by atoms with van der Waals surface area (Å²) in [5.74, 6) is 0. The Labute approximate surface area is 88.6 Å². The Morgan fingerprint density at radius 3 is 3.13 bits per heavy atom. The van der Waals surface area contributed by atoms with E-state index in [2.05, 4.69) is 10.3 Å². The van der Waals surface area contributed by atoms with Gasteiger partial charge in [-0.3, -0.25) is 0 Å². The molecule has 0 aliphatic carbocycles. The van der Waals surface area contributed by atoms with Crippen molar-refractivity contribution in [3.8, 4) is 0 Å². The summed E-state index contributed by atoms with van der Waals surface area (Å²) >= 11 is 0. The van der Waals surface area contributed by atoms with Crippen LogP contribution in [0.5, 0.6) is 0 Å². The van der Waals surface area contributed by atoms with E-state index in [1.807, 2.05) is 41.9 Å². The lowest BCUT2D eigenvalue weighted by Crippen LogP contribution is -2.28. The molecule has 0 amide bonds. The van der Waals surface area contributed by atoms with Gasteiger partial charge in [-0.15, -0.1) is 0 Å². The third-order valence-electron chi connectivity index (χ3n) is 2.32. The van der Waals surface area contributed by atoms with E-state index in [1.54, 1.807) is 0 Å². The molecule has 1 atom stereocenters. The molecule has 0 aromatic carbocycles. The van der Waals surface area contributed by atoms with Crippen LogP contribution in [0.2, 0.25) is 0 Å². The van der Waals surface area contributed by atoms with Crippen molar-refractivity contribution in [2.24, 2.45) is 0 Å². The Morgan fingerprint density at radius 2 is 2.40 bits per heavy atom. The van der Waals surface area contributed by atoms with Crippen LogP contribution in [0.15, 0.2) is 30.6 Å². The fraction of sp³-hybridized carbons (Fsp3) is 0.364. The first-order chi connectivity index (χ1) is 7.29. The molecular weight excluding hydrogens is 190 g/mol. The van der Waals surface area contributed by atoms with Gasteiger partial charge in [-0.1, -0.05) is 6.07 Å². The molecule has 0 bridgehead atoms. The molecule has 1 unspecified atom stereocenters. The molecule has 2 N–H and O–H groups in total. The van der Waals surface area contributed by atoms with Gasteiger partial charge in [-0.2, -0.15) is 0 Å². The first kappa shape index (κ1) is 10.1. The minimum absolute atomic E-state index is 0.106. The molecule has 0 radical (unpaired) electrons. The summed E-state index contributed by atoms with van der Waals surface area (Å²) in [4.78, 5) is 4.44. The summed E-state index contributed by atoms with van der Waals surface area (Å²) in [6.45, 7) is 2.77. The van der Waals surface area contributed by atoms with E-state index in [4.69, 9.17) is 5.11 Å². The van der Waals surface area contributed by atoms with Gasteiger partial charge in [0.1, 0.15) is 5.65 Å². The Bertz CT molecular complexity index is 405. The van der Waals surface area contributed by atoms with Crippen LogP contribution in [0.3, 0.4) is 0 Å². The number of hydrogen-bond acceptors (Lipinski definition) is 3. The quantitative estimate of drug-likeness (QED) is 0.776. The van der Waals surface area contributed by atoms with E-state index in [0.717, 1.165) is 11.3 Å². The molecule has 2 heterocycles. The fourth-order valence-electron chi connectivity index (χ4n) is 1.42. The number of fused-ring (bicyclic) bond motifs is 1. The molecular formula is C11H15N3O. The summed E-state index contributed by atoms with van der Waals surface area (Å²) in [7, 11) is 0. The van der Waals surface area contributed by atoms with Crippen molar-refractivity contribution in [2.45, 2.75) is 19.5 Å². The summed E-state index contributed by atoms with van der Waals surface area (Å²) in [6.07, 6.45) is 3.97. The number of imidazole rings is 1. The Kier molecular flexibility index (Phi) is 2.99. The van der Waals surface area contributed by atoms with E-state index < -0.39 is 0 Å². The van der Waals surface area contributed by atoms with Gasteiger partial charge in [0.2, 0.25) is 0 Å². The standard InChI is InChI=1S/C11H15N3O/c1-9(8-15)12-6-10-7-14-5-3-2-4-11(14)13-10/h2-5,7,9,12,15H,6,8H2,1H3. The maximum atomic E-state index is 8.86. The second-order valence-corrected chi connectivity index (χ2v) is 3.66. The second-order valence-electron chi connectivity index (χ2n) is 3.66. The van der Waals surface area contributed by atoms with Crippen LogP contribution in [0, 0.1) is 0 Å². The molecule has 4 heteroatoms. The van der Waals surface area contributed by atoms with Gasteiger partial charge in [0.05, 0.1) is 12.3 Å². The highest BCUT2D eigenvalue weighted by atomic mass is 16.3. The molecule has 0 saturated carbocycles. The molecule has 0 spiro atoms. The molecule has 2 rings (SSSR count). The molecule has 0 aliphatic rings. The van der Waals surface area contributed by atoms with Gasteiger partial charge in [-0.05, 0) is 19.1 Å². The summed E-state index contributed by atoms with van der Waals surface area (Å²) in [5, 5.41) is 12.0. The Balaban J connectivity index is 2.09. The van der Waals surface area contributed by atoms with Crippen molar-refractivity contribution >= 4 is 5.65 Å². The number of nitrogens with one attached hydrogen (secondary N) is 1. The average Bonchev–Trinajstić information content (AvgIpc) is 2.68. The third-order valence-corrected chi connectivity index (χ3v) is 2.32. The van der Waals surface area contributed by atoms with Crippen LogP contribution < -0.4 is 5.32 Å². The zero-order valence-corrected chi connectivity index (χ0v) is 8.72. The highest BCUT2D eigenvalue weighted by molar-refractivity contribution is 5.39. The Morgan fingerprint density at radius 1 is 1.53 bits per heavy atom. The zero-order valence-electron chi connectivity index (χ0n) is 8.72. The molecule has 0 fully saturated rings. The number of nitrogens with zero attached hydrogens (tertiary/aromatic N) is 2. The van der Waals surface area contributed by atoms with Crippen LogP contribution in [0.1, 0.15) is 12.6 Å². The van der Waals surface area contributed by atoms with Gasteiger partial charge in [0, 0.05) is 25.0 Å². The van der Waals surface area contributed by atoms with Gasteiger partial charge in [-0.25, -0.2) is 4.98 Å². The van der Waals surface area contributed by atoms with Gasteiger partial charge in [0.15, 0.2) is 0 Å². The molecule has 4 nitrogen and oxygen atoms in total. The monoisotopic (exact) mass is 205 g/mol. The predicted molar refractivity (Wildman–Crippen MR) is 58.6 cm³/mol. The molecule has 0 saturated heterocycles. The molecule has 2 aromatic rings. The maximum absolute atomic E-state index is 8.86. The van der Waals surface area contributed by atoms with Crippen molar-refractivity contribution in [1.29, 1.82) is 0 Å². The van der Waals surface area contributed by atoms with Crippen molar-refractivity contribution < 1.29 is 5.11 Å². The van der Waals surface area contributed by atoms with E-state index in [-0.39, 0.29) is 12.6 Å². The molecule has 2 aromatic heterocycles. The van der Waals surface area contributed by atoms with Crippen LogP contribution >= 0.6 is 0 Å². The summed E-state index contributed by atoms with van der Waals surface area (Å²) in [6, 6.07) is 6.02. The van der Waals surface area contributed by atoms with E-state index in [0.29, 0.717) is 6.54 Å². The highest BCUT2D eigenvalue weighted by Gasteiger charge is 2.02. The first-order valence-corrected chi connectivity index (χ1v) is 5.06. The van der Waals surface area contributed by atoms with Crippen molar-refractivity contribution in [3.63, 3.8) is 0 Å². The number of hydrogen-bond donors (Lipinski definition) is 2. The minimum Gasteiger partial charge on any atom is -0.395 e. The number of pyridine rings is 1. The normalized spacial score (nSPS) is 13.2. The van der Waals surface area contributed by atoms with E-state index >= 15 is 0 Å². The first-order valence-electron chi connectivity index (χ1n) is 5.06. The minimum atomic E-state index is 0.106. The van der Waals surface area contributed by atoms with Crippen LogP contribution in [-0.4, -0.2) is 27.1 Å². The predicted octanol–water partition coefficient (Wildman–Crippen LogP) is 0.805. The highest BCUT2D eigenvalue weighted by Crippen LogP contribution is 2.04. The lowest BCUT2D eigenvalue weighted by Gasteiger charge is -2.07. The van der Waals surface area contributed by atoms with Crippen LogP contribution in [-0.2, 0) is 6.54 Å². The van der Waals surface area contributed by atoms with Crippen molar-refractivity contribution in [3.05, 3.63) is 36.3 Å². The molecule has 80 valence electrons. The number of rotatable bonds is 4. The Hall–Kier alpha value is -1.39. The average molecular weight is 205 g/mol. The fourth-order valence-corrected chi connectivity index (χ4v) is 1.42. The summed E-state index contributed by atoms with van der Waals surface area (Å²) in [5.41, 5.74) is 1.94. The molecule has 15 heavy (non-hydrogen) atoms. The van der Waals surface area contributed by atoms with Crippen molar-refractivity contribution in [1.82, 2.24) is 14.7 Å². The van der Waals surface area contributed by atoms with Gasteiger partial charge in [0.25, 0.3) is 0 Å². The van der Waals surface area contributed by atoms with E-state index in [9.17, 15) is 0 Å². The maximum Gasteiger partial charge on any atom is 0.137 e.